The average Bonchev–Trinajstić information content (AvgIpc) is 3.29. The minimum absolute atomic E-state index is 0.0982. The molecule has 160 valence electrons. The van der Waals surface area contributed by atoms with Crippen LogP contribution in [0.15, 0.2) is 60.7 Å². The molecule has 2 aliphatic heterocycles. The van der Waals surface area contributed by atoms with Crippen molar-refractivity contribution in [3.63, 3.8) is 0 Å². The molecule has 6 nitrogen and oxygen atoms in total. The predicted octanol–water partition coefficient (Wildman–Crippen LogP) is 4.80. The molecular formula is C25H18ClNO5. The van der Waals surface area contributed by atoms with Gasteiger partial charge in [-0.2, -0.15) is 0 Å². The predicted molar refractivity (Wildman–Crippen MR) is 120 cm³/mol. The number of carbonyl (C=O) groups is 2. The number of fused-ring (bicyclic) bond motifs is 2. The quantitative estimate of drug-likeness (QED) is 0.424. The lowest BCUT2D eigenvalue weighted by Crippen LogP contribution is -2.41. The maximum Gasteiger partial charge on any atom is 0.261 e. The molecule has 0 N–H and O–H groups in total. The fraction of sp³-hybridized carbons (Fsp3) is 0.120. The van der Waals surface area contributed by atoms with Crippen LogP contribution in [0.25, 0.3) is 11.6 Å². The summed E-state index contributed by atoms with van der Waals surface area (Å²) in [6.07, 6.45) is 1.72. The Kier molecular flexibility index (Phi) is 5.07. The Morgan fingerprint density at radius 1 is 1.00 bits per heavy atom. The first-order valence-corrected chi connectivity index (χ1v) is 10.3. The van der Waals surface area contributed by atoms with Crippen LogP contribution >= 0.6 is 11.6 Å². The third-order valence-corrected chi connectivity index (χ3v) is 5.71. The molecule has 2 aliphatic rings. The topological polar surface area (TPSA) is 65.1 Å². The SMILES string of the molecule is COc1ccc(CN2C(=O)/C(=C\c3cc(Cl)c4c(c3)OCO4)c3ccccc3C2=O)cc1. The molecule has 0 fully saturated rings. The molecule has 0 aromatic heterocycles. The van der Waals surface area contributed by atoms with E-state index >= 15 is 0 Å². The minimum Gasteiger partial charge on any atom is -0.497 e. The van der Waals surface area contributed by atoms with Crippen LogP contribution in [0.4, 0.5) is 0 Å². The lowest BCUT2D eigenvalue weighted by Gasteiger charge is -2.29. The van der Waals surface area contributed by atoms with Gasteiger partial charge in [0.05, 0.1) is 18.7 Å². The highest BCUT2D eigenvalue weighted by molar-refractivity contribution is 6.34. The molecule has 0 spiro atoms. The Morgan fingerprint density at radius 3 is 2.50 bits per heavy atom. The van der Waals surface area contributed by atoms with Gasteiger partial charge in [0.1, 0.15) is 5.75 Å². The smallest absolute Gasteiger partial charge is 0.261 e. The van der Waals surface area contributed by atoms with Gasteiger partial charge in [0.15, 0.2) is 11.5 Å². The number of imide groups is 1. The monoisotopic (exact) mass is 447 g/mol. The standard InChI is InChI=1S/C25H18ClNO5/c1-30-17-8-6-15(7-9-17)13-27-24(28)19-5-3-2-4-18(19)20(25(27)29)10-16-11-21(26)23-22(12-16)31-14-32-23/h2-12H,13-14H2,1H3/b20-10-. The number of hydrogen-bond acceptors (Lipinski definition) is 5. The minimum atomic E-state index is -0.377. The summed E-state index contributed by atoms with van der Waals surface area (Å²) >= 11 is 6.32. The summed E-state index contributed by atoms with van der Waals surface area (Å²) in [5.41, 5.74) is 2.96. The third kappa shape index (κ3) is 3.48. The van der Waals surface area contributed by atoms with E-state index in [4.69, 9.17) is 25.8 Å². The molecule has 5 rings (SSSR count). The molecule has 32 heavy (non-hydrogen) atoms. The van der Waals surface area contributed by atoms with E-state index in [0.717, 1.165) is 5.56 Å². The number of benzene rings is 3. The molecule has 0 bridgehead atoms. The Bertz CT molecular complexity index is 1270. The average molecular weight is 448 g/mol. The third-order valence-electron chi connectivity index (χ3n) is 5.43. The van der Waals surface area contributed by atoms with Gasteiger partial charge in [-0.1, -0.05) is 41.9 Å². The van der Waals surface area contributed by atoms with Crippen LogP contribution in [0.5, 0.6) is 17.2 Å². The summed E-state index contributed by atoms with van der Waals surface area (Å²) in [5.74, 6) is 1.00. The first-order chi connectivity index (χ1) is 15.5. The van der Waals surface area contributed by atoms with E-state index in [1.165, 1.54) is 4.90 Å². The number of ether oxygens (including phenoxy) is 3. The summed E-state index contributed by atoms with van der Waals surface area (Å²) in [6, 6.07) is 17.8. The summed E-state index contributed by atoms with van der Waals surface area (Å²) in [4.78, 5) is 27.9. The van der Waals surface area contributed by atoms with Gasteiger partial charge in [-0.25, -0.2) is 0 Å². The summed E-state index contributed by atoms with van der Waals surface area (Å²) < 4.78 is 16.0. The second-order valence-corrected chi connectivity index (χ2v) is 7.79. The van der Waals surface area contributed by atoms with Crippen molar-refractivity contribution in [2.45, 2.75) is 6.54 Å². The van der Waals surface area contributed by atoms with E-state index in [-0.39, 0.29) is 25.2 Å². The van der Waals surface area contributed by atoms with Gasteiger partial charge in [-0.3, -0.25) is 14.5 Å². The molecule has 0 saturated carbocycles. The maximum atomic E-state index is 13.5. The zero-order chi connectivity index (χ0) is 22.2. The molecule has 0 aliphatic carbocycles. The van der Waals surface area contributed by atoms with Crippen molar-refractivity contribution >= 4 is 35.1 Å². The van der Waals surface area contributed by atoms with E-state index in [1.54, 1.807) is 61.7 Å². The number of rotatable bonds is 4. The van der Waals surface area contributed by atoms with E-state index in [0.29, 0.717) is 44.5 Å². The first-order valence-electron chi connectivity index (χ1n) is 9.94. The maximum absolute atomic E-state index is 13.5. The van der Waals surface area contributed by atoms with Crippen molar-refractivity contribution in [2.24, 2.45) is 0 Å². The Hall–Kier alpha value is -3.77. The second-order valence-electron chi connectivity index (χ2n) is 7.38. The fourth-order valence-electron chi connectivity index (χ4n) is 3.84. The summed E-state index contributed by atoms with van der Waals surface area (Å²) in [6.45, 7) is 0.246. The number of methoxy groups -OCH3 is 1. The lowest BCUT2D eigenvalue weighted by atomic mass is 9.91. The molecular weight excluding hydrogens is 430 g/mol. The van der Waals surface area contributed by atoms with E-state index < -0.39 is 0 Å². The molecule has 3 aromatic carbocycles. The van der Waals surface area contributed by atoms with E-state index in [9.17, 15) is 9.59 Å². The first kappa shape index (κ1) is 20.2. The van der Waals surface area contributed by atoms with Crippen molar-refractivity contribution in [2.75, 3.05) is 13.9 Å². The molecule has 2 heterocycles. The van der Waals surface area contributed by atoms with Crippen LogP contribution in [0, 0.1) is 0 Å². The van der Waals surface area contributed by atoms with Crippen molar-refractivity contribution in [1.29, 1.82) is 0 Å². The largest absolute Gasteiger partial charge is 0.497 e. The van der Waals surface area contributed by atoms with Gasteiger partial charge in [-0.05, 0) is 53.1 Å². The normalized spacial score (nSPS) is 15.8. The van der Waals surface area contributed by atoms with Gasteiger partial charge < -0.3 is 14.2 Å². The van der Waals surface area contributed by atoms with Crippen LogP contribution in [-0.2, 0) is 11.3 Å². The Labute approximate surface area is 189 Å². The number of amides is 2. The molecule has 0 saturated heterocycles. The number of hydrogen-bond donors (Lipinski definition) is 0. The van der Waals surface area contributed by atoms with Crippen molar-refractivity contribution in [1.82, 2.24) is 4.90 Å². The van der Waals surface area contributed by atoms with Crippen LogP contribution in [-0.4, -0.2) is 30.6 Å². The van der Waals surface area contributed by atoms with Gasteiger partial charge in [0.2, 0.25) is 6.79 Å². The highest BCUT2D eigenvalue weighted by atomic mass is 35.5. The van der Waals surface area contributed by atoms with Gasteiger partial charge in [0, 0.05) is 11.1 Å². The van der Waals surface area contributed by atoms with E-state index in [2.05, 4.69) is 0 Å². The number of nitrogens with zero attached hydrogens (tertiary/aromatic N) is 1. The summed E-state index contributed by atoms with van der Waals surface area (Å²) in [5, 5.41) is 0.398. The van der Waals surface area contributed by atoms with Crippen LogP contribution < -0.4 is 14.2 Å². The summed E-state index contributed by atoms with van der Waals surface area (Å²) in [7, 11) is 1.59. The zero-order valence-corrected chi connectivity index (χ0v) is 17.9. The van der Waals surface area contributed by atoms with E-state index in [1.807, 2.05) is 12.1 Å². The van der Waals surface area contributed by atoms with Crippen molar-refractivity contribution in [3.05, 3.63) is 87.9 Å². The second kappa shape index (κ2) is 8.05. The number of carbonyl (C=O) groups excluding carboxylic acids is 2. The highest BCUT2D eigenvalue weighted by Crippen LogP contribution is 2.41. The zero-order valence-electron chi connectivity index (χ0n) is 17.1. The molecule has 0 atom stereocenters. The molecule has 2 amide bonds. The van der Waals surface area contributed by atoms with Crippen LogP contribution in [0.2, 0.25) is 5.02 Å². The van der Waals surface area contributed by atoms with Crippen LogP contribution in [0.3, 0.4) is 0 Å². The molecule has 0 radical (unpaired) electrons. The van der Waals surface area contributed by atoms with Crippen LogP contribution in [0.1, 0.15) is 27.0 Å². The lowest BCUT2D eigenvalue weighted by molar-refractivity contribution is -0.123. The Balaban J connectivity index is 1.56. The molecule has 7 heteroatoms. The fourth-order valence-corrected chi connectivity index (χ4v) is 4.11. The Morgan fingerprint density at radius 2 is 1.75 bits per heavy atom. The van der Waals surface area contributed by atoms with Crippen molar-refractivity contribution < 1.29 is 23.8 Å². The highest BCUT2D eigenvalue weighted by Gasteiger charge is 2.34. The molecule has 3 aromatic rings. The number of halogens is 1. The molecule has 0 unspecified atom stereocenters. The van der Waals surface area contributed by atoms with Gasteiger partial charge in [-0.15, -0.1) is 0 Å². The van der Waals surface area contributed by atoms with Crippen molar-refractivity contribution in [3.8, 4) is 17.2 Å². The van der Waals surface area contributed by atoms with Gasteiger partial charge in [0.25, 0.3) is 11.8 Å². The van der Waals surface area contributed by atoms with Gasteiger partial charge >= 0.3 is 0 Å².